The molecule has 0 aliphatic carbocycles. The molecule has 100 valence electrons. The van der Waals surface area contributed by atoms with E-state index in [1.165, 1.54) is 12.4 Å². The Balaban J connectivity index is 2.07. The highest BCUT2D eigenvalue weighted by Crippen LogP contribution is 2.13. The number of carbonyl (C=O) groups excluding carboxylic acids is 1. The van der Waals surface area contributed by atoms with Gasteiger partial charge in [0.2, 0.25) is 0 Å². The van der Waals surface area contributed by atoms with Crippen LogP contribution in [-0.4, -0.2) is 34.8 Å². The quantitative estimate of drug-likeness (QED) is 0.781. The van der Waals surface area contributed by atoms with Crippen molar-refractivity contribution >= 4 is 11.8 Å². The summed E-state index contributed by atoms with van der Waals surface area (Å²) in [5, 5.41) is 4.04. The zero-order chi connectivity index (χ0) is 13.8. The third kappa shape index (κ3) is 3.09. The van der Waals surface area contributed by atoms with Crippen molar-refractivity contribution in [1.82, 2.24) is 14.8 Å². The average Bonchev–Trinajstić information content (AvgIpc) is 2.86. The van der Waals surface area contributed by atoms with E-state index in [9.17, 15) is 4.79 Å². The number of ether oxygens (including phenoxy) is 1. The van der Waals surface area contributed by atoms with Crippen molar-refractivity contribution in [3.05, 3.63) is 36.3 Å². The minimum Gasteiger partial charge on any atom is -0.420 e. The van der Waals surface area contributed by atoms with Gasteiger partial charge in [0, 0.05) is 26.8 Å². The van der Waals surface area contributed by atoms with Crippen molar-refractivity contribution in [2.45, 2.75) is 13.5 Å². The second-order valence-corrected chi connectivity index (χ2v) is 4.22. The van der Waals surface area contributed by atoms with E-state index < -0.39 is 5.97 Å². The van der Waals surface area contributed by atoms with Gasteiger partial charge in [-0.1, -0.05) is 0 Å². The summed E-state index contributed by atoms with van der Waals surface area (Å²) < 4.78 is 6.90. The van der Waals surface area contributed by atoms with Crippen LogP contribution in [0.15, 0.2) is 30.7 Å². The topological polar surface area (TPSA) is 60.2 Å². The number of anilines is 1. The monoisotopic (exact) mass is 260 g/mol. The molecule has 2 aromatic rings. The number of rotatable bonds is 4. The van der Waals surface area contributed by atoms with Crippen LogP contribution in [0.1, 0.15) is 17.3 Å². The largest absolute Gasteiger partial charge is 0.420 e. The molecular weight excluding hydrogens is 244 g/mol. The van der Waals surface area contributed by atoms with Crippen molar-refractivity contribution in [1.29, 1.82) is 0 Å². The lowest BCUT2D eigenvalue weighted by Crippen LogP contribution is -2.12. The number of hydrogen-bond donors (Lipinski definition) is 0. The molecule has 0 N–H and O–H groups in total. The third-order valence-electron chi connectivity index (χ3n) is 2.59. The molecule has 2 rings (SSSR count). The predicted octanol–water partition coefficient (Wildman–Crippen LogP) is 1.58. The van der Waals surface area contributed by atoms with Crippen molar-refractivity contribution in [2.75, 3.05) is 19.0 Å². The lowest BCUT2D eigenvalue weighted by molar-refractivity contribution is 0.0734. The second-order valence-electron chi connectivity index (χ2n) is 4.22. The van der Waals surface area contributed by atoms with Gasteiger partial charge < -0.3 is 9.64 Å². The van der Waals surface area contributed by atoms with Gasteiger partial charge in [0.25, 0.3) is 0 Å². The van der Waals surface area contributed by atoms with E-state index in [-0.39, 0.29) is 0 Å². The molecule has 0 fully saturated rings. The molecule has 0 unspecified atom stereocenters. The molecule has 0 aliphatic rings. The maximum absolute atomic E-state index is 11.9. The van der Waals surface area contributed by atoms with Crippen LogP contribution in [0.3, 0.4) is 0 Å². The van der Waals surface area contributed by atoms with Gasteiger partial charge in [0.15, 0.2) is 5.75 Å². The molecule has 19 heavy (non-hydrogen) atoms. The number of hydrogen-bond acceptors (Lipinski definition) is 5. The number of carbonyl (C=O) groups is 1. The fourth-order valence-electron chi connectivity index (χ4n) is 1.51. The SMILES string of the molecule is CCn1cc(OC(=O)c2ccc(N(C)C)nc2)cn1. The van der Waals surface area contributed by atoms with Crippen LogP contribution in [0, 0.1) is 0 Å². The third-order valence-corrected chi connectivity index (χ3v) is 2.59. The summed E-state index contributed by atoms with van der Waals surface area (Å²) in [5.41, 5.74) is 0.412. The number of pyridine rings is 1. The fraction of sp³-hybridized carbons (Fsp3) is 0.308. The molecule has 0 saturated carbocycles. The zero-order valence-corrected chi connectivity index (χ0v) is 11.2. The molecule has 0 spiro atoms. The van der Waals surface area contributed by atoms with Crippen molar-refractivity contribution in [2.24, 2.45) is 0 Å². The first kappa shape index (κ1) is 13.1. The molecule has 2 aromatic heterocycles. The first-order chi connectivity index (χ1) is 9.10. The molecule has 0 amide bonds. The van der Waals surface area contributed by atoms with Gasteiger partial charge in [-0.15, -0.1) is 0 Å². The average molecular weight is 260 g/mol. The molecule has 0 aliphatic heterocycles. The summed E-state index contributed by atoms with van der Waals surface area (Å²) in [6.45, 7) is 2.69. The van der Waals surface area contributed by atoms with Gasteiger partial charge in [0.05, 0.1) is 18.0 Å². The maximum atomic E-state index is 11.9. The second kappa shape index (κ2) is 5.51. The van der Waals surface area contributed by atoms with Crippen LogP contribution in [0.5, 0.6) is 5.75 Å². The summed E-state index contributed by atoms with van der Waals surface area (Å²) in [6.07, 6.45) is 4.70. The Bertz CT molecular complexity index is 560. The zero-order valence-electron chi connectivity index (χ0n) is 11.2. The number of esters is 1. The number of nitrogens with zero attached hydrogens (tertiary/aromatic N) is 4. The van der Waals surface area contributed by atoms with Crippen LogP contribution < -0.4 is 9.64 Å². The minimum absolute atomic E-state index is 0.412. The van der Waals surface area contributed by atoms with E-state index in [0.29, 0.717) is 11.3 Å². The van der Waals surface area contributed by atoms with Gasteiger partial charge >= 0.3 is 5.97 Å². The number of aromatic nitrogens is 3. The van der Waals surface area contributed by atoms with Crippen LogP contribution in [-0.2, 0) is 6.54 Å². The summed E-state index contributed by atoms with van der Waals surface area (Å²) >= 11 is 0. The van der Waals surface area contributed by atoms with Crippen molar-refractivity contribution < 1.29 is 9.53 Å². The van der Waals surface area contributed by atoms with E-state index in [4.69, 9.17) is 4.74 Å². The molecule has 0 atom stereocenters. The normalized spacial score (nSPS) is 10.3. The van der Waals surface area contributed by atoms with Crippen LogP contribution in [0.25, 0.3) is 0 Å². The molecule has 2 heterocycles. The van der Waals surface area contributed by atoms with Gasteiger partial charge in [-0.2, -0.15) is 5.10 Å². The highest BCUT2D eigenvalue weighted by atomic mass is 16.5. The molecular formula is C13H16N4O2. The van der Waals surface area contributed by atoms with E-state index in [2.05, 4.69) is 10.1 Å². The Morgan fingerprint density at radius 1 is 1.37 bits per heavy atom. The summed E-state index contributed by atoms with van der Waals surface area (Å²) in [5.74, 6) is 0.785. The standard InChI is InChI=1S/C13H16N4O2/c1-4-17-9-11(8-15-17)19-13(18)10-5-6-12(14-7-10)16(2)3/h5-9H,4H2,1-3H3. The van der Waals surface area contributed by atoms with Crippen molar-refractivity contribution in [3.8, 4) is 5.75 Å². The van der Waals surface area contributed by atoms with Gasteiger partial charge in [-0.05, 0) is 19.1 Å². The van der Waals surface area contributed by atoms with E-state index in [1.54, 1.807) is 23.0 Å². The predicted molar refractivity (Wildman–Crippen MR) is 71.4 cm³/mol. The molecule has 6 nitrogen and oxygen atoms in total. The van der Waals surface area contributed by atoms with E-state index in [0.717, 1.165) is 12.4 Å². The van der Waals surface area contributed by atoms with Gasteiger partial charge in [-0.25, -0.2) is 9.78 Å². The van der Waals surface area contributed by atoms with Crippen molar-refractivity contribution in [3.63, 3.8) is 0 Å². The smallest absolute Gasteiger partial charge is 0.345 e. The molecule has 0 aromatic carbocycles. The van der Waals surface area contributed by atoms with Crippen LogP contribution in [0.4, 0.5) is 5.82 Å². The Labute approximate surface area is 111 Å². The van der Waals surface area contributed by atoms with E-state index >= 15 is 0 Å². The summed E-state index contributed by atoms with van der Waals surface area (Å²) in [4.78, 5) is 17.9. The molecule has 0 bridgehead atoms. The summed E-state index contributed by atoms with van der Waals surface area (Å²) in [7, 11) is 3.78. The fourth-order valence-corrected chi connectivity index (χ4v) is 1.51. The Morgan fingerprint density at radius 3 is 2.68 bits per heavy atom. The molecule has 6 heteroatoms. The van der Waals surface area contributed by atoms with Crippen LogP contribution in [0.2, 0.25) is 0 Å². The first-order valence-electron chi connectivity index (χ1n) is 5.98. The Kier molecular flexibility index (Phi) is 3.79. The highest BCUT2D eigenvalue weighted by molar-refractivity contribution is 5.90. The minimum atomic E-state index is -0.437. The first-order valence-corrected chi connectivity index (χ1v) is 5.98. The number of aryl methyl sites for hydroxylation is 1. The molecule has 0 radical (unpaired) electrons. The maximum Gasteiger partial charge on any atom is 0.345 e. The summed E-state index contributed by atoms with van der Waals surface area (Å²) in [6, 6.07) is 3.46. The lowest BCUT2D eigenvalue weighted by atomic mass is 10.3. The Morgan fingerprint density at radius 2 is 2.16 bits per heavy atom. The van der Waals surface area contributed by atoms with Gasteiger partial charge in [-0.3, -0.25) is 4.68 Å². The van der Waals surface area contributed by atoms with E-state index in [1.807, 2.05) is 25.9 Å². The van der Waals surface area contributed by atoms with Gasteiger partial charge in [0.1, 0.15) is 5.82 Å². The highest BCUT2D eigenvalue weighted by Gasteiger charge is 2.10. The van der Waals surface area contributed by atoms with Crippen LogP contribution >= 0.6 is 0 Å². The lowest BCUT2D eigenvalue weighted by Gasteiger charge is -2.10. The molecule has 0 saturated heterocycles. The Hall–Kier alpha value is -2.37.